The lowest BCUT2D eigenvalue weighted by atomic mass is 9.88. The molecule has 21 heavy (non-hydrogen) atoms. The lowest BCUT2D eigenvalue weighted by Crippen LogP contribution is -2.44. The zero-order valence-electron chi connectivity index (χ0n) is 15.3. The molecule has 0 saturated carbocycles. The van der Waals surface area contributed by atoms with Crippen LogP contribution in [0.1, 0.15) is 54.4 Å². The summed E-state index contributed by atoms with van der Waals surface area (Å²) in [5, 5.41) is 3.49. The summed E-state index contributed by atoms with van der Waals surface area (Å²) in [5.41, 5.74) is 3.46. The molecule has 0 aliphatic carbocycles. The van der Waals surface area contributed by atoms with Gasteiger partial charge in [-0.2, -0.15) is 0 Å². The fourth-order valence-electron chi connectivity index (χ4n) is 2.66. The van der Waals surface area contributed by atoms with Crippen LogP contribution in [0, 0.1) is 11.8 Å². The summed E-state index contributed by atoms with van der Waals surface area (Å²) in [4.78, 5) is 2.30. The van der Waals surface area contributed by atoms with E-state index in [1.165, 1.54) is 5.57 Å². The van der Waals surface area contributed by atoms with E-state index in [9.17, 15) is 0 Å². The third kappa shape index (κ3) is 5.61. The van der Waals surface area contributed by atoms with Crippen molar-refractivity contribution >= 4 is 0 Å². The number of rotatable bonds is 10. The first-order chi connectivity index (χ1) is 9.67. The Labute approximate surface area is 133 Å². The van der Waals surface area contributed by atoms with Crippen LogP contribution in [0.4, 0.5) is 0 Å². The SMILES string of the molecule is C=C(CC)NC(CC)C(=C)N(C)C(C(=C)C(C)C)C(C)C. The predicted octanol–water partition coefficient (Wildman–Crippen LogP) is 4.96. The minimum atomic E-state index is 0.240. The van der Waals surface area contributed by atoms with Gasteiger partial charge in [0.05, 0.1) is 12.1 Å². The maximum atomic E-state index is 4.34. The smallest absolute Gasteiger partial charge is 0.0650 e. The van der Waals surface area contributed by atoms with Crippen molar-refractivity contribution in [1.29, 1.82) is 0 Å². The Hall–Kier alpha value is -1.18. The Balaban J connectivity index is 5.14. The number of nitrogens with one attached hydrogen (secondary N) is 1. The van der Waals surface area contributed by atoms with E-state index in [1.54, 1.807) is 0 Å². The van der Waals surface area contributed by atoms with Crippen molar-refractivity contribution in [2.45, 2.75) is 66.5 Å². The molecule has 0 heterocycles. The first kappa shape index (κ1) is 19.8. The Morgan fingerprint density at radius 3 is 1.90 bits per heavy atom. The van der Waals surface area contributed by atoms with Gasteiger partial charge in [0.2, 0.25) is 0 Å². The molecule has 0 rings (SSSR count). The summed E-state index contributed by atoms with van der Waals surface area (Å²) in [6, 6.07) is 0.562. The monoisotopic (exact) mass is 292 g/mol. The summed E-state index contributed by atoms with van der Waals surface area (Å²) in [6.45, 7) is 25.9. The second kappa shape index (κ2) is 8.96. The summed E-state index contributed by atoms with van der Waals surface area (Å²) in [7, 11) is 2.14. The molecule has 0 aromatic carbocycles. The highest BCUT2D eigenvalue weighted by Crippen LogP contribution is 2.26. The largest absolute Gasteiger partial charge is 0.381 e. The van der Waals surface area contributed by atoms with E-state index in [0.717, 1.165) is 24.2 Å². The Morgan fingerprint density at radius 2 is 1.57 bits per heavy atom. The number of likely N-dealkylation sites (N-methyl/N-ethyl adjacent to an activating group) is 1. The first-order valence-corrected chi connectivity index (χ1v) is 8.21. The van der Waals surface area contributed by atoms with E-state index in [2.05, 4.69) is 78.5 Å². The molecule has 0 aromatic heterocycles. The molecule has 0 fully saturated rings. The summed E-state index contributed by atoms with van der Waals surface area (Å²) >= 11 is 0. The molecule has 0 radical (unpaired) electrons. The maximum Gasteiger partial charge on any atom is 0.0650 e. The van der Waals surface area contributed by atoms with Crippen molar-refractivity contribution in [2.24, 2.45) is 11.8 Å². The van der Waals surface area contributed by atoms with Gasteiger partial charge in [0, 0.05) is 18.4 Å². The van der Waals surface area contributed by atoms with Gasteiger partial charge in [-0.1, -0.05) is 66.9 Å². The fourth-order valence-corrected chi connectivity index (χ4v) is 2.66. The summed E-state index contributed by atoms with van der Waals surface area (Å²) < 4.78 is 0. The van der Waals surface area contributed by atoms with E-state index in [1.807, 2.05) is 0 Å². The normalized spacial score (nSPS) is 14.0. The highest BCUT2D eigenvalue weighted by atomic mass is 15.2. The molecule has 2 heteroatoms. The lowest BCUT2D eigenvalue weighted by Gasteiger charge is -2.40. The van der Waals surface area contributed by atoms with Gasteiger partial charge in [0.15, 0.2) is 0 Å². The molecular formula is C19H36N2. The molecule has 0 bridgehead atoms. The van der Waals surface area contributed by atoms with Gasteiger partial charge in [0.1, 0.15) is 0 Å². The molecular weight excluding hydrogens is 256 g/mol. The fraction of sp³-hybridized carbons (Fsp3) is 0.684. The number of allylic oxidation sites excluding steroid dienone is 1. The summed E-state index contributed by atoms with van der Waals surface area (Å²) in [6.07, 6.45) is 1.95. The van der Waals surface area contributed by atoms with Crippen molar-refractivity contribution < 1.29 is 0 Å². The molecule has 0 saturated heterocycles. The van der Waals surface area contributed by atoms with Crippen LogP contribution in [0.3, 0.4) is 0 Å². The lowest BCUT2D eigenvalue weighted by molar-refractivity contribution is 0.244. The maximum absolute atomic E-state index is 4.34. The molecule has 2 unspecified atom stereocenters. The highest BCUT2D eigenvalue weighted by Gasteiger charge is 2.26. The number of nitrogens with zero attached hydrogens (tertiary/aromatic N) is 1. The van der Waals surface area contributed by atoms with Gasteiger partial charge in [-0.05, 0) is 24.7 Å². The Morgan fingerprint density at radius 1 is 1.05 bits per heavy atom. The number of hydrogen-bond donors (Lipinski definition) is 1. The minimum absolute atomic E-state index is 0.240. The molecule has 2 atom stereocenters. The van der Waals surface area contributed by atoms with Crippen molar-refractivity contribution in [3.05, 3.63) is 36.7 Å². The topological polar surface area (TPSA) is 15.3 Å². The third-order valence-corrected chi connectivity index (χ3v) is 4.24. The van der Waals surface area contributed by atoms with Crippen LogP contribution in [0.25, 0.3) is 0 Å². The molecule has 122 valence electrons. The van der Waals surface area contributed by atoms with Crippen molar-refractivity contribution in [1.82, 2.24) is 10.2 Å². The second-order valence-electron chi connectivity index (χ2n) is 6.58. The van der Waals surface area contributed by atoms with Gasteiger partial charge in [-0.3, -0.25) is 0 Å². The van der Waals surface area contributed by atoms with E-state index in [4.69, 9.17) is 0 Å². The van der Waals surface area contributed by atoms with Gasteiger partial charge in [-0.25, -0.2) is 0 Å². The van der Waals surface area contributed by atoms with Crippen LogP contribution in [0.2, 0.25) is 0 Å². The van der Waals surface area contributed by atoms with Gasteiger partial charge >= 0.3 is 0 Å². The van der Waals surface area contributed by atoms with Crippen LogP contribution in [0.15, 0.2) is 36.7 Å². The zero-order chi connectivity index (χ0) is 16.7. The van der Waals surface area contributed by atoms with E-state index >= 15 is 0 Å². The van der Waals surface area contributed by atoms with E-state index in [0.29, 0.717) is 17.9 Å². The van der Waals surface area contributed by atoms with Crippen molar-refractivity contribution in [3.63, 3.8) is 0 Å². The summed E-state index contributed by atoms with van der Waals surface area (Å²) in [5.74, 6) is 0.986. The Kier molecular flexibility index (Phi) is 8.46. The average molecular weight is 293 g/mol. The standard InChI is InChI=1S/C19H36N2/c1-11-15(7)20-18(12-2)17(9)21(10)19(14(5)6)16(8)13(3)4/h13-14,18-20H,7-9,11-12H2,1-6,10H3. The molecule has 0 aliphatic heterocycles. The molecule has 0 amide bonds. The predicted molar refractivity (Wildman–Crippen MR) is 96.2 cm³/mol. The van der Waals surface area contributed by atoms with Crippen LogP contribution < -0.4 is 5.32 Å². The first-order valence-electron chi connectivity index (χ1n) is 8.21. The molecule has 1 N–H and O–H groups in total. The van der Waals surface area contributed by atoms with Crippen LogP contribution in [0.5, 0.6) is 0 Å². The van der Waals surface area contributed by atoms with Gasteiger partial charge in [0.25, 0.3) is 0 Å². The zero-order valence-corrected chi connectivity index (χ0v) is 15.3. The Bertz CT molecular complexity index is 366. The third-order valence-electron chi connectivity index (χ3n) is 4.24. The highest BCUT2D eigenvalue weighted by molar-refractivity contribution is 5.17. The molecule has 0 aliphatic rings. The van der Waals surface area contributed by atoms with Crippen molar-refractivity contribution in [3.8, 4) is 0 Å². The van der Waals surface area contributed by atoms with E-state index in [-0.39, 0.29) is 6.04 Å². The van der Waals surface area contributed by atoms with Crippen LogP contribution >= 0.6 is 0 Å². The van der Waals surface area contributed by atoms with Gasteiger partial charge < -0.3 is 10.2 Å². The average Bonchev–Trinajstić information content (AvgIpc) is 2.42. The molecule has 0 spiro atoms. The minimum Gasteiger partial charge on any atom is -0.381 e. The van der Waals surface area contributed by atoms with Crippen LogP contribution in [-0.4, -0.2) is 24.0 Å². The van der Waals surface area contributed by atoms with Crippen LogP contribution in [-0.2, 0) is 0 Å². The molecule has 2 nitrogen and oxygen atoms in total. The van der Waals surface area contributed by atoms with E-state index < -0.39 is 0 Å². The molecule has 0 aromatic rings. The van der Waals surface area contributed by atoms with Crippen molar-refractivity contribution in [2.75, 3.05) is 7.05 Å². The number of hydrogen-bond acceptors (Lipinski definition) is 2. The quantitative estimate of drug-likeness (QED) is 0.572. The van der Waals surface area contributed by atoms with Gasteiger partial charge in [-0.15, -0.1) is 0 Å². The second-order valence-corrected chi connectivity index (χ2v) is 6.58.